The van der Waals surface area contributed by atoms with Crippen molar-refractivity contribution < 1.29 is 0 Å². The summed E-state index contributed by atoms with van der Waals surface area (Å²) in [5, 5.41) is 3.30. The van der Waals surface area contributed by atoms with Crippen molar-refractivity contribution in [3.8, 4) is 0 Å². The van der Waals surface area contributed by atoms with Crippen LogP contribution in [0, 0.1) is 6.92 Å². The van der Waals surface area contributed by atoms with E-state index in [0.717, 1.165) is 6.42 Å². The molecule has 0 fully saturated rings. The first-order valence-corrected chi connectivity index (χ1v) is 8.27. The monoisotopic (exact) mass is 254 g/mol. The van der Waals surface area contributed by atoms with Crippen LogP contribution in [0.5, 0.6) is 0 Å². The van der Waals surface area contributed by atoms with E-state index in [0.29, 0.717) is 6.04 Å². The fourth-order valence-electron chi connectivity index (χ4n) is 2.36. The van der Waals surface area contributed by atoms with E-state index in [1.807, 2.05) is 0 Å². The van der Waals surface area contributed by atoms with Gasteiger partial charge in [-0.05, 0) is 20.4 Å². The third kappa shape index (κ3) is 14.0. The van der Waals surface area contributed by atoms with Crippen molar-refractivity contribution in [3.63, 3.8) is 0 Å². The van der Waals surface area contributed by atoms with Gasteiger partial charge in [0.05, 0.1) is 0 Å². The smallest absolute Gasteiger partial charge is 0.00357 e. The van der Waals surface area contributed by atoms with E-state index in [4.69, 9.17) is 0 Å². The van der Waals surface area contributed by atoms with E-state index in [1.54, 1.807) is 0 Å². The molecule has 0 spiro atoms. The lowest BCUT2D eigenvalue weighted by molar-refractivity contribution is 0.501. The fraction of sp³-hybridized carbons (Fsp3) is 0.941. The molecule has 0 aliphatic carbocycles. The Morgan fingerprint density at radius 3 is 1.50 bits per heavy atom. The van der Waals surface area contributed by atoms with Crippen LogP contribution in [0.15, 0.2) is 0 Å². The molecule has 1 N–H and O–H groups in total. The summed E-state index contributed by atoms with van der Waals surface area (Å²) in [5.41, 5.74) is 0. The van der Waals surface area contributed by atoms with Crippen molar-refractivity contribution in [2.75, 3.05) is 7.05 Å². The lowest BCUT2D eigenvalue weighted by Gasteiger charge is -2.09. The summed E-state index contributed by atoms with van der Waals surface area (Å²) >= 11 is 0. The van der Waals surface area contributed by atoms with Gasteiger partial charge in [-0.15, -0.1) is 0 Å². The van der Waals surface area contributed by atoms with Crippen molar-refractivity contribution in [1.82, 2.24) is 5.32 Å². The molecule has 0 aromatic rings. The molecule has 0 aliphatic rings. The van der Waals surface area contributed by atoms with Gasteiger partial charge in [-0.1, -0.05) is 84.0 Å². The first-order valence-electron chi connectivity index (χ1n) is 8.27. The van der Waals surface area contributed by atoms with Gasteiger partial charge < -0.3 is 5.32 Å². The van der Waals surface area contributed by atoms with Gasteiger partial charge in [-0.3, -0.25) is 0 Å². The van der Waals surface area contributed by atoms with E-state index < -0.39 is 0 Å². The summed E-state index contributed by atoms with van der Waals surface area (Å²) in [7, 11) is 2.06. The summed E-state index contributed by atoms with van der Waals surface area (Å²) < 4.78 is 0. The standard InChI is InChI=1S/C17H36N/c1-4-5-6-7-8-9-10-11-12-13-14-15-16-17(2)18-3/h17-18H,1,4-16H2,2-3H3. The molecule has 1 nitrogen and oxygen atoms in total. The SMILES string of the molecule is [CH2]CCCCCCCCCCCCCC(C)NC. The molecule has 0 aromatic heterocycles. The van der Waals surface area contributed by atoms with E-state index in [9.17, 15) is 0 Å². The zero-order chi connectivity index (χ0) is 13.5. The molecule has 0 heterocycles. The number of unbranched alkanes of at least 4 members (excludes halogenated alkanes) is 11. The van der Waals surface area contributed by atoms with E-state index in [2.05, 4.69) is 26.2 Å². The van der Waals surface area contributed by atoms with E-state index >= 15 is 0 Å². The lowest BCUT2D eigenvalue weighted by Crippen LogP contribution is -2.20. The minimum absolute atomic E-state index is 0.698. The Kier molecular flexibility index (Phi) is 15.0. The Morgan fingerprint density at radius 1 is 0.722 bits per heavy atom. The van der Waals surface area contributed by atoms with Gasteiger partial charge in [0.15, 0.2) is 0 Å². The molecule has 1 unspecified atom stereocenters. The summed E-state index contributed by atoms with van der Waals surface area (Å²) in [4.78, 5) is 0. The Balaban J connectivity index is 2.94. The normalized spacial score (nSPS) is 12.8. The maximum Gasteiger partial charge on any atom is 0.00357 e. The second-order valence-electron chi connectivity index (χ2n) is 5.72. The highest BCUT2D eigenvalue weighted by molar-refractivity contribution is 4.57. The van der Waals surface area contributed by atoms with Crippen LogP contribution < -0.4 is 5.32 Å². The first kappa shape index (κ1) is 18.0. The molecule has 109 valence electrons. The molecule has 1 radical (unpaired) electrons. The van der Waals surface area contributed by atoms with E-state index in [1.165, 1.54) is 77.0 Å². The van der Waals surface area contributed by atoms with Crippen LogP contribution in [0.25, 0.3) is 0 Å². The van der Waals surface area contributed by atoms with Gasteiger partial charge in [0.25, 0.3) is 0 Å². The number of rotatable bonds is 14. The highest BCUT2D eigenvalue weighted by atomic mass is 14.8. The molecule has 0 aromatic carbocycles. The lowest BCUT2D eigenvalue weighted by atomic mass is 10.0. The average Bonchev–Trinajstić information content (AvgIpc) is 2.39. The summed E-state index contributed by atoms with van der Waals surface area (Å²) in [5.74, 6) is 0. The maximum atomic E-state index is 3.88. The van der Waals surface area contributed by atoms with Gasteiger partial charge >= 0.3 is 0 Å². The molecule has 0 amide bonds. The van der Waals surface area contributed by atoms with Crippen molar-refractivity contribution in [2.24, 2.45) is 0 Å². The third-order valence-corrected chi connectivity index (χ3v) is 3.88. The van der Waals surface area contributed by atoms with Crippen molar-refractivity contribution in [3.05, 3.63) is 6.92 Å². The number of hydrogen-bond donors (Lipinski definition) is 1. The minimum atomic E-state index is 0.698. The Labute approximate surface area is 116 Å². The predicted octanol–water partition coefficient (Wildman–Crippen LogP) is 5.50. The molecule has 0 saturated heterocycles. The summed E-state index contributed by atoms with van der Waals surface area (Å²) in [6, 6.07) is 0.698. The van der Waals surface area contributed by atoms with Gasteiger partial charge in [0.2, 0.25) is 0 Å². The molecule has 0 aliphatic heterocycles. The van der Waals surface area contributed by atoms with E-state index in [-0.39, 0.29) is 0 Å². The topological polar surface area (TPSA) is 12.0 Å². The van der Waals surface area contributed by atoms with Crippen LogP contribution in [0.3, 0.4) is 0 Å². The quantitative estimate of drug-likeness (QED) is 0.404. The molecular weight excluding hydrogens is 218 g/mol. The van der Waals surface area contributed by atoms with Crippen molar-refractivity contribution >= 4 is 0 Å². The molecule has 0 rings (SSSR count). The molecule has 0 saturated carbocycles. The van der Waals surface area contributed by atoms with Crippen LogP contribution >= 0.6 is 0 Å². The fourth-order valence-corrected chi connectivity index (χ4v) is 2.36. The minimum Gasteiger partial charge on any atom is -0.317 e. The van der Waals surface area contributed by atoms with Gasteiger partial charge in [-0.25, -0.2) is 0 Å². The van der Waals surface area contributed by atoms with Crippen LogP contribution in [0.2, 0.25) is 0 Å². The third-order valence-electron chi connectivity index (χ3n) is 3.88. The van der Waals surface area contributed by atoms with Crippen LogP contribution in [0.1, 0.15) is 90.4 Å². The summed E-state index contributed by atoms with van der Waals surface area (Å²) in [6.45, 7) is 6.15. The predicted molar refractivity (Wildman–Crippen MR) is 83.9 cm³/mol. The molecule has 1 heteroatoms. The van der Waals surface area contributed by atoms with Gasteiger partial charge in [-0.2, -0.15) is 0 Å². The largest absolute Gasteiger partial charge is 0.317 e. The summed E-state index contributed by atoms with van der Waals surface area (Å²) in [6.07, 6.45) is 18.1. The van der Waals surface area contributed by atoms with Gasteiger partial charge in [0.1, 0.15) is 0 Å². The zero-order valence-electron chi connectivity index (χ0n) is 13.0. The second kappa shape index (κ2) is 15.0. The number of hydrogen-bond acceptors (Lipinski definition) is 1. The maximum absolute atomic E-state index is 3.88. The number of nitrogens with one attached hydrogen (secondary N) is 1. The molecule has 18 heavy (non-hydrogen) atoms. The Morgan fingerprint density at radius 2 is 1.11 bits per heavy atom. The zero-order valence-corrected chi connectivity index (χ0v) is 13.0. The highest BCUT2D eigenvalue weighted by Gasteiger charge is 1.97. The first-order chi connectivity index (χ1) is 8.81. The Hall–Kier alpha value is -0.0400. The second-order valence-corrected chi connectivity index (χ2v) is 5.72. The Bertz CT molecular complexity index is 145. The average molecular weight is 254 g/mol. The van der Waals surface area contributed by atoms with Crippen molar-refractivity contribution in [1.29, 1.82) is 0 Å². The van der Waals surface area contributed by atoms with Crippen molar-refractivity contribution in [2.45, 2.75) is 96.4 Å². The molecular formula is C17H36N. The highest BCUT2D eigenvalue weighted by Crippen LogP contribution is 2.12. The van der Waals surface area contributed by atoms with Crippen LogP contribution in [0.4, 0.5) is 0 Å². The van der Waals surface area contributed by atoms with Gasteiger partial charge in [0, 0.05) is 6.04 Å². The molecule has 0 bridgehead atoms. The molecule has 1 atom stereocenters. The van der Waals surface area contributed by atoms with Crippen LogP contribution in [-0.4, -0.2) is 13.1 Å². The van der Waals surface area contributed by atoms with Crippen LogP contribution in [-0.2, 0) is 0 Å².